The van der Waals surface area contributed by atoms with E-state index in [0.29, 0.717) is 5.56 Å². The highest BCUT2D eigenvalue weighted by atomic mass is 16.4. The molecule has 0 unspecified atom stereocenters. The Bertz CT molecular complexity index is 1830. The number of aromatic amines is 1. The van der Waals surface area contributed by atoms with Crippen LogP contribution in [0.5, 0.6) is 0 Å². The number of aliphatic hydroxyl groups excluding tert-OH is 1. The van der Waals surface area contributed by atoms with Crippen LogP contribution in [0.25, 0.3) is 10.9 Å². The highest BCUT2D eigenvalue weighted by Gasteiger charge is 2.32. The number of amides is 5. The first-order valence-corrected chi connectivity index (χ1v) is 18.3. The van der Waals surface area contributed by atoms with E-state index in [1.807, 2.05) is 54.6 Å². The first-order chi connectivity index (χ1) is 26.6. The predicted molar refractivity (Wildman–Crippen MR) is 210 cm³/mol. The molecule has 14 N–H and O–H groups in total. The van der Waals surface area contributed by atoms with Crippen molar-refractivity contribution in [3.8, 4) is 0 Å². The number of guanidine groups is 1. The highest BCUT2D eigenvalue weighted by molar-refractivity contribution is 5.96. The number of nitrogens with two attached hydrogens (primary N) is 3. The summed E-state index contributed by atoms with van der Waals surface area (Å²) in [5, 5.41) is 33.2. The lowest BCUT2D eigenvalue weighted by Gasteiger charge is -2.26. The van der Waals surface area contributed by atoms with Crippen LogP contribution in [0.4, 0.5) is 0 Å². The van der Waals surface area contributed by atoms with Crippen LogP contribution < -0.4 is 43.8 Å². The Kier molecular flexibility index (Phi) is 17.3. The third-order valence-electron chi connectivity index (χ3n) is 8.83. The molecule has 0 spiro atoms. The maximum absolute atomic E-state index is 13.8. The normalized spacial score (nSPS) is 14.3. The third kappa shape index (κ3) is 14.0. The minimum atomic E-state index is -1.54. The van der Waals surface area contributed by atoms with Gasteiger partial charge in [0.15, 0.2) is 5.96 Å². The van der Waals surface area contributed by atoms with Crippen LogP contribution in [0.2, 0.25) is 0 Å². The van der Waals surface area contributed by atoms with Crippen LogP contribution in [0.3, 0.4) is 0 Å². The van der Waals surface area contributed by atoms with Gasteiger partial charge in [0.25, 0.3) is 0 Å². The molecular formula is C38H54N10O8. The minimum Gasteiger partial charge on any atom is -0.480 e. The number of H-pyrrole nitrogens is 1. The molecule has 5 amide bonds. The number of aliphatic hydroxyl groups is 1. The van der Waals surface area contributed by atoms with Gasteiger partial charge < -0.3 is 59.0 Å². The molecule has 0 bridgehead atoms. The van der Waals surface area contributed by atoms with Crippen LogP contribution >= 0.6 is 0 Å². The Morgan fingerprint density at radius 2 is 1.32 bits per heavy atom. The number of aliphatic imine (C=N–C) groups is 1. The fraction of sp³-hybridized carbons (Fsp3) is 0.447. The lowest BCUT2D eigenvalue weighted by atomic mass is 10.0. The molecule has 6 atom stereocenters. The van der Waals surface area contributed by atoms with Gasteiger partial charge in [-0.15, -0.1) is 0 Å². The molecule has 0 saturated heterocycles. The van der Waals surface area contributed by atoms with E-state index in [-0.39, 0.29) is 50.5 Å². The van der Waals surface area contributed by atoms with Crippen molar-refractivity contribution in [2.75, 3.05) is 13.2 Å². The summed E-state index contributed by atoms with van der Waals surface area (Å²) >= 11 is 0. The van der Waals surface area contributed by atoms with Crippen LogP contribution in [0.15, 0.2) is 65.8 Å². The van der Waals surface area contributed by atoms with E-state index < -0.39 is 78.4 Å². The quantitative estimate of drug-likeness (QED) is 0.0331. The van der Waals surface area contributed by atoms with Gasteiger partial charge in [0.05, 0.1) is 12.6 Å². The first-order valence-electron chi connectivity index (χ1n) is 18.3. The number of hydrogen-bond donors (Lipinski definition) is 11. The molecule has 0 saturated carbocycles. The third-order valence-corrected chi connectivity index (χ3v) is 8.83. The van der Waals surface area contributed by atoms with Gasteiger partial charge in [-0.05, 0) is 55.7 Å². The van der Waals surface area contributed by atoms with Gasteiger partial charge in [0.2, 0.25) is 29.5 Å². The van der Waals surface area contributed by atoms with Crippen molar-refractivity contribution in [3.63, 3.8) is 0 Å². The average molecular weight is 779 g/mol. The smallest absolute Gasteiger partial charge is 0.326 e. The lowest BCUT2D eigenvalue weighted by Crippen LogP contribution is -2.60. The number of aromatic nitrogens is 1. The molecule has 18 nitrogen and oxygen atoms in total. The summed E-state index contributed by atoms with van der Waals surface area (Å²) in [5.41, 5.74) is 19.1. The second-order valence-corrected chi connectivity index (χ2v) is 13.9. The van der Waals surface area contributed by atoms with E-state index in [4.69, 9.17) is 17.2 Å². The molecule has 0 radical (unpaired) electrons. The number of benzene rings is 2. The number of rotatable bonds is 22. The minimum absolute atomic E-state index is 0.0107. The van der Waals surface area contributed by atoms with E-state index >= 15 is 0 Å². The molecule has 0 aliphatic heterocycles. The van der Waals surface area contributed by atoms with Crippen molar-refractivity contribution in [2.45, 2.75) is 89.1 Å². The summed E-state index contributed by atoms with van der Waals surface area (Å²) in [4.78, 5) is 85.6. The lowest BCUT2D eigenvalue weighted by molar-refractivity contribution is -0.142. The maximum Gasteiger partial charge on any atom is 0.326 e. The summed E-state index contributed by atoms with van der Waals surface area (Å²) in [6, 6.07) is 9.06. The van der Waals surface area contributed by atoms with E-state index in [2.05, 4.69) is 36.6 Å². The molecule has 0 fully saturated rings. The second kappa shape index (κ2) is 21.8. The molecule has 0 aliphatic carbocycles. The predicted octanol–water partition coefficient (Wildman–Crippen LogP) is -1.10. The van der Waals surface area contributed by atoms with Gasteiger partial charge in [-0.25, -0.2) is 4.79 Å². The molecule has 56 heavy (non-hydrogen) atoms. The largest absolute Gasteiger partial charge is 0.480 e. The number of para-hydroxylation sites is 1. The van der Waals surface area contributed by atoms with Gasteiger partial charge in [-0.3, -0.25) is 29.0 Å². The summed E-state index contributed by atoms with van der Waals surface area (Å²) in [5.74, 6) is -5.40. The van der Waals surface area contributed by atoms with E-state index in [1.54, 1.807) is 20.0 Å². The second-order valence-electron chi connectivity index (χ2n) is 13.9. The Labute approximate surface area is 324 Å². The van der Waals surface area contributed by atoms with E-state index in [0.717, 1.165) is 16.5 Å². The Morgan fingerprint density at radius 3 is 1.96 bits per heavy atom. The number of nitrogens with zero attached hydrogens (tertiary/aromatic N) is 1. The summed E-state index contributed by atoms with van der Waals surface area (Å²) < 4.78 is 0. The zero-order valence-corrected chi connectivity index (χ0v) is 31.8. The molecule has 1 heterocycles. The standard InChI is InChI=1S/C38H54N10O8/c1-21(2)16-29(34(52)44-22(3)32(50)45-28(37(55)56)14-9-15-42-38(40)41)47-36(54)31(20-49)48-35(53)30(18-24-19-43-27-13-8-7-12-25(24)27)46-33(51)26(39)17-23-10-5-4-6-11-23/h4-8,10-13,19,21-22,26,28-31,43,49H,9,14-18,20,39H2,1-3H3,(H,44,52)(H,45,50)(H,46,51)(H,47,54)(H,48,53)(H,55,56)(H4,40,41,42)/t22-,26-,28-,29-,30-,31-/m0/s1. The van der Waals surface area contributed by atoms with Gasteiger partial charge in [0.1, 0.15) is 30.2 Å². The van der Waals surface area contributed by atoms with Crippen molar-refractivity contribution < 1.29 is 39.0 Å². The Morgan fingerprint density at radius 1 is 0.732 bits per heavy atom. The summed E-state index contributed by atoms with van der Waals surface area (Å²) in [7, 11) is 0. The number of aliphatic carboxylic acids is 1. The van der Waals surface area contributed by atoms with Crippen LogP contribution in [-0.4, -0.2) is 106 Å². The van der Waals surface area contributed by atoms with Crippen molar-refractivity contribution in [1.82, 2.24) is 31.6 Å². The van der Waals surface area contributed by atoms with Gasteiger partial charge in [-0.2, -0.15) is 0 Å². The van der Waals surface area contributed by atoms with Crippen molar-refractivity contribution in [2.24, 2.45) is 28.1 Å². The molecule has 304 valence electrons. The molecule has 18 heteroatoms. The number of fused-ring (bicyclic) bond motifs is 1. The van der Waals surface area contributed by atoms with Crippen LogP contribution in [-0.2, 0) is 41.6 Å². The molecule has 0 aliphatic rings. The number of hydrogen-bond acceptors (Lipinski definition) is 9. The van der Waals surface area contributed by atoms with Crippen LogP contribution in [0, 0.1) is 5.92 Å². The van der Waals surface area contributed by atoms with Crippen molar-refractivity contribution in [1.29, 1.82) is 0 Å². The number of nitrogens with one attached hydrogen (secondary N) is 6. The molecular weight excluding hydrogens is 724 g/mol. The Balaban J connectivity index is 1.71. The number of carboxylic acids is 1. The zero-order chi connectivity index (χ0) is 41.4. The van der Waals surface area contributed by atoms with Gasteiger partial charge in [-0.1, -0.05) is 62.4 Å². The summed E-state index contributed by atoms with van der Waals surface area (Å²) in [6.45, 7) is 4.25. The highest BCUT2D eigenvalue weighted by Crippen LogP contribution is 2.19. The van der Waals surface area contributed by atoms with Crippen molar-refractivity contribution in [3.05, 3.63) is 71.9 Å². The van der Waals surface area contributed by atoms with Crippen molar-refractivity contribution >= 4 is 52.4 Å². The van der Waals surface area contributed by atoms with Crippen LogP contribution in [0.1, 0.15) is 51.2 Å². The molecule has 2 aromatic carbocycles. The maximum atomic E-state index is 13.8. The van der Waals surface area contributed by atoms with E-state index in [1.165, 1.54) is 6.92 Å². The fourth-order valence-electron chi connectivity index (χ4n) is 5.85. The monoisotopic (exact) mass is 778 g/mol. The zero-order valence-electron chi connectivity index (χ0n) is 31.8. The number of carbonyl (C=O) groups is 6. The Hall–Kier alpha value is -6.01. The fourth-order valence-corrected chi connectivity index (χ4v) is 5.85. The average Bonchev–Trinajstić information content (AvgIpc) is 3.56. The molecule has 3 aromatic rings. The first kappa shape index (κ1) is 44.4. The molecule has 3 rings (SSSR count). The number of carboxylic acid groups (broad SMARTS) is 1. The van der Waals surface area contributed by atoms with Gasteiger partial charge in [0, 0.05) is 30.1 Å². The SMILES string of the molecule is CC(C)C[C@H](NC(=O)[C@H](CO)NC(=O)[C@H](Cc1c[nH]c2ccccc12)NC(=O)[C@@H](N)Cc1ccccc1)C(=O)N[C@@H](C)C(=O)N[C@@H](CCCN=C(N)N)C(=O)O. The topological polar surface area (TPSA) is 309 Å². The van der Waals surface area contributed by atoms with E-state index in [9.17, 15) is 39.0 Å². The number of carbonyl (C=O) groups excluding carboxylic acids is 5. The summed E-state index contributed by atoms with van der Waals surface area (Å²) in [6.07, 6.45) is 2.32. The molecule has 1 aromatic heterocycles. The van der Waals surface area contributed by atoms with Gasteiger partial charge >= 0.3 is 5.97 Å².